The lowest BCUT2D eigenvalue weighted by atomic mass is 9.95. The van der Waals surface area contributed by atoms with E-state index < -0.39 is 11.6 Å². The molecule has 0 aliphatic heterocycles. The van der Waals surface area contributed by atoms with Crippen molar-refractivity contribution in [3.63, 3.8) is 0 Å². The van der Waals surface area contributed by atoms with Crippen LogP contribution in [-0.4, -0.2) is 30.8 Å². The normalized spacial score (nSPS) is 11.8. The Kier molecular flexibility index (Phi) is 6.60. The molecule has 4 heteroatoms. The number of rotatable bonds is 7. The monoisotopic (exact) mass is 397 g/mol. The fourth-order valence-electron chi connectivity index (χ4n) is 2.95. The number of hydrogen-bond acceptors (Lipinski definition) is 4. The lowest BCUT2D eigenvalue weighted by Gasteiger charge is -2.11. The number of carbonyl (C=O) groups is 2. The maximum Gasteiger partial charge on any atom is 0.200 e. The highest BCUT2D eigenvalue weighted by molar-refractivity contribution is 6.33. The van der Waals surface area contributed by atoms with Crippen molar-refractivity contribution in [3.05, 3.63) is 113 Å². The number of anilines is 1. The zero-order valence-corrected chi connectivity index (χ0v) is 16.9. The molecule has 0 saturated heterocycles. The van der Waals surface area contributed by atoms with E-state index >= 15 is 0 Å². The average Bonchev–Trinajstić information content (AvgIpc) is 2.79. The Morgan fingerprint density at radius 2 is 1.30 bits per heavy atom. The third kappa shape index (κ3) is 4.92. The molecule has 1 N–H and O–H groups in total. The molecule has 30 heavy (non-hydrogen) atoms. The Balaban J connectivity index is 1.97. The second-order valence-corrected chi connectivity index (χ2v) is 6.97. The summed E-state index contributed by atoms with van der Waals surface area (Å²) in [5.41, 5.74) is 2.36. The summed E-state index contributed by atoms with van der Waals surface area (Å²) in [6, 6.07) is 24.7. The molecule has 0 radical (unpaired) electrons. The number of nitrogens with zero attached hydrogens (tertiary/aromatic N) is 1. The summed E-state index contributed by atoms with van der Waals surface area (Å²) >= 11 is 0. The minimum Gasteiger partial charge on any atom is -0.506 e. The van der Waals surface area contributed by atoms with E-state index in [1.807, 2.05) is 43.3 Å². The van der Waals surface area contributed by atoms with Crippen LogP contribution in [0.1, 0.15) is 21.5 Å². The van der Waals surface area contributed by atoms with Crippen LogP contribution < -0.4 is 4.90 Å². The van der Waals surface area contributed by atoms with Crippen molar-refractivity contribution in [2.24, 2.45) is 0 Å². The second-order valence-electron chi connectivity index (χ2n) is 6.97. The first kappa shape index (κ1) is 20.8. The van der Waals surface area contributed by atoms with Crippen LogP contribution >= 0.6 is 0 Å². The fourth-order valence-corrected chi connectivity index (χ4v) is 2.95. The number of aliphatic hydroxyl groups excluding tert-OH is 1. The first-order valence-corrected chi connectivity index (χ1v) is 9.55. The van der Waals surface area contributed by atoms with Crippen LogP contribution in [0.4, 0.5) is 5.69 Å². The number of aliphatic hydroxyl groups is 1. The zero-order valence-electron chi connectivity index (χ0n) is 16.9. The highest BCUT2D eigenvalue weighted by atomic mass is 16.3. The summed E-state index contributed by atoms with van der Waals surface area (Å²) in [6.45, 7) is 0. The van der Waals surface area contributed by atoms with Gasteiger partial charge in [0.15, 0.2) is 5.78 Å². The minimum atomic E-state index is -0.554. The van der Waals surface area contributed by atoms with Crippen molar-refractivity contribution >= 4 is 29.1 Å². The molecule has 0 saturated carbocycles. The Morgan fingerprint density at radius 1 is 0.767 bits per heavy atom. The minimum absolute atomic E-state index is 0.256. The number of hydrogen-bond donors (Lipinski definition) is 1. The lowest BCUT2D eigenvalue weighted by molar-refractivity contribution is -0.111. The van der Waals surface area contributed by atoms with Crippen LogP contribution in [0.3, 0.4) is 0 Å². The van der Waals surface area contributed by atoms with Gasteiger partial charge in [-0.15, -0.1) is 0 Å². The van der Waals surface area contributed by atoms with Crippen LogP contribution in [0, 0.1) is 0 Å². The van der Waals surface area contributed by atoms with Gasteiger partial charge in [-0.1, -0.05) is 78.9 Å². The third-order valence-corrected chi connectivity index (χ3v) is 4.63. The van der Waals surface area contributed by atoms with Crippen molar-refractivity contribution in [1.29, 1.82) is 0 Å². The summed E-state index contributed by atoms with van der Waals surface area (Å²) in [5.74, 6) is -1.40. The van der Waals surface area contributed by atoms with Crippen LogP contribution in [0.25, 0.3) is 11.8 Å². The molecule has 0 heterocycles. The van der Waals surface area contributed by atoms with Gasteiger partial charge >= 0.3 is 0 Å². The van der Waals surface area contributed by atoms with Crippen molar-refractivity contribution < 1.29 is 14.7 Å². The molecule has 4 nitrogen and oxygen atoms in total. The summed E-state index contributed by atoms with van der Waals surface area (Å²) in [7, 11) is 3.90. The smallest absolute Gasteiger partial charge is 0.200 e. The van der Waals surface area contributed by atoms with E-state index in [4.69, 9.17) is 0 Å². The summed E-state index contributed by atoms with van der Waals surface area (Å²) in [6.07, 6.45) is 2.96. The molecule has 0 fully saturated rings. The number of ketones is 2. The average molecular weight is 397 g/mol. The largest absolute Gasteiger partial charge is 0.506 e. The number of benzene rings is 3. The summed E-state index contributed by atoms with van der Waals surface area (Å²) in [4.78, 5) is 28.0. The molecule has 0 aromatic heterocycles. The first-order valence-electron chi connectivity index (χ1n) is 9.55. The molecular weight excluding hydrogens is 374 g/mol. The topological polar surface area (TPSA) is 57.6 Å². The molecule has 0 aliphatic carbocycles. The van der Waals surface area contributed by atoms with E-state index in [-0.39, 0.29) is 11.3 Å². The molecule has 0 atom stereocenters. The molecule has 0 unspecified atom stereocenters. The van der Waals surface area contributed by atoms with Gasteiger partial charge in [0, 0.05) is 30.9 Å². The molecular formula is C26H23NO3. The number of allylic oxidation sites excluding steroid dienone is 2. The van der Waals surface area contributed by atoms with Gasteiger partial charge in [-0.2, -0.15) is 0 Å². The van der Waals surface area contributed by atoms with E-state index in [9.17, 15) is 14.7 Å². The second kappa shape index (κ2) is 9.52. The van der Waals surface area contributed by atoms with E-state index in [1.165, 1.54) is 6.08 Å². The van der Waals surface area contributed by atoms with Gasteiger partial charge < -0.3 is 10.0 Å². The maximum atomic E-state index is 13.1. The molecule has 150 valence electrons. The van der Waals surface area contributed by atoms with Crippen LogP contribution in [0.15, 0.2) is 96.6 Å². The molecule has 3 rings (SSSR count). The predicted octanol–water partition coefficient (Wildman–Crippen LogP) is 5.19. The molecule has 0 amide bonds. The Bertz CT molecular complexity index is 1080. The SMILES string of the molecule is CN(C)c1ccc(/C=C/C(=O)/C(C(=O)c2ccccc2)=C(\O)c2ccccc2)cc1. The third-order valence-electron chi connectivity index (χ3n) is 4.63. The van der Waals surface area contributed by atoms with Gasteiger partial charge in [0.1, 0.15) is 11.3 Å². The quantitative estimate of drug-likeness (QED) is 0.196. The van der Waals surface area contributed by atoms with Crippen molar-refractivity contribution in [1.82, 2.24) is 0 Å². The lowest BCUT2D eigenvalue weighted by Crippen LogP contribution is -2.14. The molecule has 3 aromatic rings. The number of Topliss-reactive ketones (excluding diaryl/α,β-unsaturated/α-hetero) is 1. The molecule has 3 aromatic carbocycles. The van der Waals surface area contributed by atoms with Gasteiger partial charge in [-0.25, -0.2) is 0 Å². The Hall–Kier alpha value is -3.92. The maximum absolute atomic E-state index is 13.1. The molecule has 0 bridgehead atoms. The predicted molar refractivity (Wildman–Crippen MR) is 122 cm³/mol. The van der Waals surface area contributed by atoms with Crippen LogP contribution in [0.5, 0.6) is 0 Å². The molecule has 0 spiro atoms. The van der Waals surface area contributed by atoms with Gasteiger partial charge in [0.2, 0.25) is 5.78 Å². The van der Waals surface area contributed by atoms with E-state index in [0.717, 1.165) is 11.3 Å². The van der Waals surface area contributed by atoms with E-state index in [1.54, 1.807) is 66.7 Å². The zero-order chi connectivity index (χ0) is 21.5. The molecule has 0 aliphatic rings. The van der Waals surface area contributed by atoms with Crippen molar-refractivity contribution in [3.8, 4) is 0 Å². The Morgan fingerprint density at radius 3 is 1.83 bits per heavy atom. The summed E-state index contributed by atoms with van der Waals surface area (Å²) < 4.78 is 0. The van der Waals surface area contributed by atoms with Gasteiger partial charge in [-0.05, 0) is 23.8 Å². The standard InChI is InChI=1S/C26H23NO3/c1-27(2)22-16-13-19(14-17-22)15-18-23(28)24(25(29)20-9-5-3-6-10-20)26(30)21-11-7-4-8-12-21/h3-18,29H,1-2H3/b18-15+,25-24+. The highest BCUT2D eigenvalue weighted by Gasteiger charge is 2.23. The summed E-state index contributed by atoms with van der Waals surface area (Å²) in [5, 5.41) is 10.8. The van der Waals surface area contributed by atoms with Crippen molar-refractivity contribution in [2.45, 2.75) is 0 Å². The van der Waals surface area contributed by atoms with Crippen LogP contribution in [0.2, 0.25) is 0 Å². The first-order chi connectivity index (χ1) is 14.5. The van der Waals surface area contributed by atoms with Gasteiger partial charge in [0.05, 0.1) is 0 Å². The van der Waals surface area contributed by atoms with Crippen LogP contribution in [-0.2, 0) is 4.79 Å². The van der Waals surface area contributed by atoms with E-state index in [0.29, 0.717) is 11.1 Å². The Labute approximate surface area is 176 Å². The number of carbonyl (C=O) groups excluding carboxylic acids is 2. The highest BCUT2D eigenvalue weighted by Crippen LogP contribution is 2.21. The fraction of sp³-hybridized carbons (Fsp3) is 0.0769. The van der Waals surface area contributed by atoms with Gasteiger partial charge in [0.25, 0.3) is 0 Å². The van der Waals surface area contributed by atoms with Crippen molar-refractivity contribution in [2.75, 3.05) is 19.0 Å². The van der Waals surface area contributed by atoms with E-state index in [2.05, 4.69) is 0 Å². The van der Waals surface area contributed by atoms with Gasteiger partial charge in [-0.3, -0.25) is 9.59 Å².